The van der Waals surface area contributed by atoms with Gasteiger partial charge in [0.2, 0.25) is 0 Å². The van der Waals surface area contributed by atoms with E-state index in [0.717, 1.165) is 17.9 Å². The fourth-order valence-corrected chi connectivity index (χ4v) is 5.28. The first kappa shape index (κ1) is 25.5. The molecule has 1 amide bonds. The lowest BCUT2D eigenvalue weighted by Crippen LogP contribution is -2.39. The normalized spacial score (nSPS) is 15.8. The van der Waals surface area contributed by atoms with Crippen LogP contribution in [-0.2, 0) is 26.1 Å². The summed E-state index contributed by atoms with van der Waals surface area (Å²) in [7, 11) is -4.43. The monoisotopic (exact) mass is 503 g/mol. The first-order valence-electron chi connectivity index (χ1n) is 10.2. The largest absolute Gasteiger partial charge is 0.478 e. The predicted octanol–water partition coefficient (Wildman–Crippen LogP) is 4.79. The Morgan fingerprint density at radius 2 is 1.68 bits per heavy atom. The van der Waals surface area contributed by atoms with Crippen LogP contribution in [0.4, 0.5) is 28.0 Å². The Labute approximate surface area is 192 Å². The van der Waals surface area contributed by atoms with Crippen molar-refractivity contribution in [2.24, 2.45) is 0 Å². The van der Waals surface area contributed by atoms with Gasteiger partial charge >= 0.3 is 12.1 Å². The highest BCUT2D eigenvalue weighted by atomic mass is 32.2. The summed E-state index contributed by atoms with van der Waals surface area (Å²) in [5.41, 5.74) is -2.32. The Morgan fingerprint density at radius 1 is 1.09 bits per heavy atom. The van der Waals surface area contributed by atoms with Gasteiger partial charge in [0.15, 0.2) is 33.1 Å². The van der Waals surface area contributed by atoms with Crippen molar-refractivity contribution in [2.45, 2.75) is 44.8 Å². The Hall–Kier alpha value is -3.15. The average Bonchev–Trinajstić information content (AvgIpc) is 2.76. The van der Waals surface area contributed by atoms with Gasteiger partial charge in [0.05, 0.1) is 22.8 Å². The number of hydrogen-bond acceptors (Lipinski definition) is 5. The van der Waals surface area contributed by atoms with Crippen LogP contribution in [0, 0.1) is 30.2 Å². The zero-order chi connectivity index (χ0) is 25.5. The van der Waals surface area contributed by atoms with Crippen LogP contribution in [0.5, 0.6) is 0 Å². The number of ether oxygens (including phenoxy) is 1. The number of carbonyl (C=O) groups is 2. The van der Waals surface area contributed by atoms with Crippen LogP contribution < -0.4 is 4.90 Å². The zero-order valence-corrected chi connectivity index (χ0v) is 19.2. The second-order valence-corrected chi connectivity index (χ2v) is 10.0. The van der Waals surface area contributed by atoms with Gasteiger partial charge in [0, 0.05) is 23.2 Å². The minimum absolute atomic E-state index is 0.0636. The quantitative estimate of drug-likeness (QED) is 0.431. The number of halogens is 4. The van der Waals surface area contributed by atoms with Gasteiger partial charge in [-0.3, -0.25) is 4.90 Å². The molecule has 0 saturated heterocycles. The van der Waals surface area contributed by atoms with Gasteiger partial charge in [-0.05, 0) is 38.0 Å². The number of nitrogens with zero attached hydrogens (tertiary/aromatic N) is 1. The molecular formula is C22H21F4NO6S. The molecule has 0 bridgehead atoms. The van der Waals surface area contributed by atoms with E-state index in [-0.39, 0.29) is 28.9 Å². The van der Waals surface area contributed by atoms with Crippen molar-refractivity contribution in [3.8, 4) is 0 Å². The molecule has 0 aromatic heterocycles. The van der Waals surface area contributed by atoms with Gasteiger partial charge in [-0.2, -0.15) is 0 Å². The number of benzene rings is 2. The molecule has 12 heteroatoms. The Morgan fingerprint density at radius 3 is 2.21 bits per heavy atom. The molecule has 1 heterocycles. The lowest BCUT2D eigenvalue weighted by atomic mass is 9.97. The number of hydrogen-bond donors (Lipinski definition) is 1. The highest BCUT2D eigenvalue weighted by Gasteiger charge is 2.35. The first-order valence-corrected chi connectivity index (χ1v) is 12.0. The lowest BCUT2D eigenvalue weighted by molar-refractivity contribution is 0.0696. The maximum atomic E-state index is 14.2. The van der Waals surface area contributed by atoms with Crippen LogP contribution in [0.15, 0.2) is 12.1 Å². The highest BCUT2D eigenvalue weighted by Crippen LogP contribution is 2.39. The topological polar surface area (TPSA) is 101 Å². The third-order valence-corrected chi connectivity index (χ3v) is 6.91. The fourth-order valence-electron chi connectivity index (χ4n) is 3.81. The molecule has 2 aromatic carbocycles. The van der Waals surface area contributed by atoms with Crippen molar-refractivity contribution in [1.29, 1.82) is 0 Å². The molecule has 7 nitrogen and oxygen atoms in total. The number of carboxylic acids is 1. The SMILES string of the molecule is CCCN1C(=O)OC(C)c2cc(CS(=O)(=O)Cc3c(F)c(F)c(C)c(F)c3F)cc(C(=O)O)c21. The van der Waals surface area contributed by atoms with E-state index in [9.17, 15) is 40.7 Å². The Kier molecular flexibility index (Phi) is 6.92. The minimum Gasteiger partial charge on any atom is -0.478 e. The van der Waals surface area contributed by atoms with Crippen molar-refractivity contribution >= 4 is 27.6 Å². The van der Waals surface area contributed by atoms with Crippen LogP contribution in [0.2, 0.25) is 0 Å². The summed E-state index contributed by atoms with van der Waals surface area (Å²) >= 11 is 0. The second kappa shape index (κ2) is 9.24. The molecule has 1 aliphatic heterocycles. The summed E-state index contributed by atoms with van der Waals surface area (Å²) in [5, 5.41) is 9.71. The van der Waals surface area contributed by atoms with E-state index < -0.39 is 73.9 Å². The van der Waals surface area contributed by atoms with Gasteiger partial charge in [-0.25, -0.2) is 35.6 Å². The summed E-state index contributed by atoms with van der Waals surface area (Å²) in [6.07, 6.45) is -1.16. The molecule has 1 aliphatic rings. The van der Waals surface area contributed by atoms with E-state index in [2.05, 4.69) is 0 Å². The van der Waals surface area contributed by atoms with E-state index in [4.69, 9.17) is 4.74 Å². The number of fused-ring (bicyclic) bond motifs is 1. The Bertz CT molecular complexity index is 1270. The number of cyclic esters (lactones) is 1. The number of rotatable bonds is 7. The number of aromatic carboxylic acids is 1. The molecule has 1 unspecified atom stereocenters. The minimum atomic E-state index is -4.43. The van der Waals surface area contributed by atoms with Crippen molar-refractivity contribution in [3.63, 3.8) is 0 Å². The molecule has 0 aliphatic carbocycles. The standard InChI is InChI=1S/C22H21F4NO6S/c1-4-5-27-20-13(11(3)33-22(27)30)6-12(7-14(20)21(28)29)8-34(31,32)9-15-18(25)16(23)10(2)17(24)19(15)26/h6-7,11H,4-5,8-9H2,1-3H3,(H,28,29). The molecular weight excluding hydrogens is 482 g/mol. The summed E-state index contributed by atoms with van der Waals surface area (Å²) in [4.78, 5) is 25.3. The molecule has 184 valence electrons. The van der Waals surface area contributed by atoms with Crippen LogP contribution in [0.3, 0.4) is 0 Å². The van der Waals surface area contributed by atoms with Gasteiger partial charge in [0.25, 0.3) is 0 Å². The van der Waals surface area contributed by atoms with Crippen LogP contribution >= 0.6 is 0 Å². The average molecular weight is 503 g/mol. The number of anilines is 1. The summed E-state index contributed by atoms with van der Waals surface area (Å²) in [6, 6.07) is 2.36. The molecule has 34 heavy (non-hydrogen) atoms. The number of amides is 1. The Balaban J connectivity index is 2.06. The first-order chi connectivity index (χ1) is 15.8. The molecule has 2 aromatic rings. The number of carboxylic acid groups (broad SMARTS) is 1. The second-order valence-electron chi connectivity index (χ2n) is 7.96. The molecule has 1 N–H and O–H groups in total. The van der Waals surface area contributed by atoms with E-state index in [1.54, 1.807) is 6.92 Å². The smallest absolute Gasteiger partial charge is 0.414 e. The molecule has 0 saturated carbocycles. The van der Waals surface area contributed by atoms with E-state index in [1.807, 2.05) is 0 Å². The van der Waals surface area contributed by atoms with Crippen LogP contribution in [-0.4, -0.2) is 32.1 Å². The lowest BCUT2D eigenvalue weighted by Gasteiger charge is -2.34. The fraction of sp³-hybridized carbons (Fsp3) is 0.364. The van der Waals surface area contributed by atoms with Crippen molar-refractivity contribution in [1.82, 2.24) is 0 Å². The number of sulfone groups is 1. The van der Waals surface area contributed by atoms with Gasteiger partial charge < -0.3 is 9.84 Å². The van der Waals surface area contributed by atoms with Gasteiger partial charge in [-0.1, -0.05) is 6.92 Å². The molecule has 0 spiro atoms. The van der Waals surface area contributed by atoms with Gasteiger partial charge in [-0.15, -0.1) is 0 Å². The summed E-state index contributed by atoms with van der Waals surface area (Å²) in [5.74, 6) is -10.7. The molecule has 0 fully saturated rings. The van der Waals surface area contributed by atoms with Crippen molar-refractivity contribution in [2.75, 3.05) is 11.4 Å². The molecule has 1 atom stereocenters. The van der Waals surface area contributed by atoms with E-state index >= 15 is 0 Å². The highest BCUT2D eigenvalue weighted by molar-refractivity contribution is 7.89. The molecule has 0 radical (unpaired) electrons. The van der Waals surface area contributed by atoms with Crippen LogP contribution in [0.1, 0.15) is 59.0 Å². The van der Waals surface area contributed by atoms with Crippen LogP contribution in [0.25, 0.3) is 0 Å². The van der Waals surface area contributed by atoms with Gasteiger partial charge in [0.1, 0.15) is 6.10 Å². The summed E-state index contributed by atoms with van der Waals surface area (Å²) in [6.45, 7) is 4.21. The van der Waals surface area contributed by atoms with E-state index in [0.29, 0.717) is 6.42 Å². The van der Waals surface area contributed by atoms with Crippen molar-refractivity contribution < 1.29 is 45.4 Å². The third-order valence-electron chi connectivity index (χ3n) is 5.41. The maximum Gasteiger partial charge on any atom is 0.414 e. The maximum absolute atomic E-state index is 14.2. The summed E-state index contributed by atoms with van der Waals surface area (Å²) < 4.78 is 86.7. The van der Waals surface area contributed by atoms with E-state index in [1.165, 1.54) is 13.0 Å². The number of carbonyl (C=O) groups excluding carboxylic acids is 1. The van der Waals surface area contributed by atoms with Crippen molar-refractivity contribution in [3.05, 3.63) is 63.2 Å². The third kappa shape index (κ3) is 4.59. The predicted molar refractivity (Wildman–Crippen MR) is 113 cm³/mol. The molecule has 3 rings (SSSR count). The zero-order valence-electron chi connectivity index (χ0n) is 18.4.